The first-order valence-corrected chi connectivity index (χ1v) is 8.82. The highest BCUT2D eigenvalue weighted by molar-refractivity contribution is 5.78. The summed E-state index contributed by atoms with van der Waals surface area (Å²) in [4.78, 5) is 16.3. The molecule has 1 aromatic carbocycles. The van der Waals surface area contributed by atoms with E-state index in [0.717, 1.165) is 28.1 Å². The Balaban J connectivity index is 1.68. The maximum Gasteiger partial charge on any atom is 0.178 e. The molecular formula is C21H20N4O2. The van der Waals surface area contributed by atoms with Gasteiger partial charge < -0.3 is 14.5 Å². The summed E-state index contributed by atoms with van der Waals surface area (Å²) < 4.78 is 11.9. The van der Waals surface area contributed by atoms with Gasteiger partial charge in [-0.3, -0.25) is 4.98 Å². The van der Waals surface area contributed by atoms with Gasteiger partial charge >= 0.3 is 0 Å². The molecule has 4 rings (SSSR count). The van der Waals surface area contributed by atoms with E-state index in [4.69, 9.17) is 9.47 Å². The van der Waals surface area contributed by atoms with Crippen LogP contribution >= 0.6 is 0 Å². The van der Waals surface area contributed by atoms with E-state index in [1.54, 1.807) is 18.6 Å². The van der Waals surface area contributed by atoms with Gasteiger partial charge in [0, 0.05) is 24.2 Å². The first-order valence-electron chi connectivity index (χ1n) is 8.82. The summed E-state index contributed by atoms with van der Waals surface area (Å²) in [6, 6.07) is 13.5. The van der Waals surface area contributed by atoms with E-state index < -0.39 is 0 Å². The van der Waals surface area contributed by atoms with Crippen LogP contribution in [0.1, 0.15) is 19.4 Å². The van der Waals surface area contributed by atoms with Gasteiger partial charge in [-0.2, -0.15) is 0 Å². The third-order valence-corrected chi connectivity index (χ3v) is 3.95. The lowest BCUT2D eigenvalue weighted by atomic mass is 10.1. The standard InChI is InChI=1S/C21H20N4O2/c1-14(2)27-19-8-7-16(26-13-15-5-3-9-22-12-15)11-17(19)20-24-18-6-4-10-23-21(18)25-20/h3-12,14H,13H2,1-2H3,(H,23,24,25). The van der Waals surface area contributed by atoms with Gasteiger partial charge in [0.05, 0.1) is 17.2 Å². The van der Waals surface area contributed by atoms with Crippen molar-refractivity contribution >= 4 is 11.2 Å². The molecule has 0 radical (unpaired) electrons. The van der Waals surface area contributed by atoms with Crippen molar-refractivity contribution in [1.82, 2.24) is 19.9 Å². The number of pyridine rings is 2. The van der Waals surface area contributed by atoms with Gasteiger partial charge in [0.25, 0.3) is 0 Å². The van der Waals surface area contributed by atoms with Gasteiger partial charge in [0.1, 0.15) is 23.9 Å². The molecule has 6 nitrogen and oxygen atoms in total. The Morgan fingerprint density at radius 1 is 1.07 bits per heavy atom. The van der Waals surface area contributed by atoms with Gasteiger partial charge in [-0.05, 0) is 50.2 Å². The Labute approximate surface area is 157 Å². The molecule has 0 aliphatic rings. The Bertz CT molecular complexity index is 1010. The van der Waals surface area contributed by atoms with E-state index in [0.29, 0.717) is 18.1 Å². The lowest BCUT2D eigenvalue weighted by molar-refractivity contribution is 0.242. The zero-order chi connectivity index (χ0) is 18.6. The molecule has 0 unspecified atom stereocenters. The Morgan fingerprint density at radius 2 is 1.96 bits per heavy atom. The van der Waals surface area contributed by atoms with Crippen LogP contribution in [0.3, 0.4) is 0 Å². The molecule has 6 heteroatoms. The van der Waals surface area contributed by atoms with Crippen molar-refractivity contribution in [1.29, 1.82) is 0 Å². The van der Waals surface area contributed by atoms with Crippen molar-refractivity contribution in [3.8, 4) is 22.9 Å². The quantitative estimate of drug-likeness (QED) is 0.552. The van der Waals surface area contributed by atoms with Crippen molar-refractivity contribution in [2.75, 3.05) is 0 Å². The van der Waals surface area contributed by atoms with E-state index >= 15 is 0 Å². The Morgan fingerprint density at radius 3 is 2.74 bits per heavy atom. The van der Waals surface area contributed by atoms with Gasteiger partial charge in [0.15, 0.2) is 5.65 Å². The summed E-state index contributed by atoms with van der Waals surface area (Å²) >= 11 is 0. The summed E-state index contributed by atoms with van der Waals surface area (Å²) in [6.45, 7) is 4.44. The van der Waals surface area contributed by atoms with Gasteiger partial charge in [-0.1, -0.05) is 6.07 Å². The summed E-state index contributed by atoms with van der Waals surface area (Å²) in [5, 5.41) is 0. The zero-order valence-corrected chi connectivity index (χ0v) is 15.2. The fourth-order valence-corrected chi connectivity index (χ4v) is 2.76. The second-order valence-corrected chi connectivity index (χ2v) is 6.43. The number of hydrogen-bond acceptors (Lipinski definition) is 5. The highest BCUT2D eigenvalue weighted by Crippen LogP contribution is 2.33. The van der Waals surface area contributed by atoms with Crippen LogP contribution in [0.2, 0.25) is 0 Å². The molecule has 0 atom stereocenters. The highest BCUT2D eigenvalue weighted by Gasteiger charge is 2.14. The summed E-state index contributed by atoms with van der Waals surface area (Å²) in [5.74, 6) is 2.18. The Hall–Kier alpha value is -3.41. The molecule has 27 heavy (non-hydrogen) atoms. The highest BCUT2D eigenvalue weighted by atomic mass is 16.5. The number of aromatic amines is 1. The number of benzene rings is 1. The van der Waals surface area contributed by atoms with Crippen LogP contribution in [0.25, 0.3) is 22.6 Å². The second-order valence-electron chi connectivity index (χ2n) is 6.43. The molecule has 0 bridgehead atoms. The largest absolute Gasteiger partial charge is 0.490 e. The van der Waals surface area contributed by atoms with Crippen molar-refractivity contribution in [2.45, 2.75) is 26.6 Å². The maximum absolute atomic E-state index is 5.97. The molecule has 0 saturated heterocycles. The average molecular weight is 360 g/mol. The van der Waals surface area contributed by atoms with E-state index in [9.17, 15) is 0 Å². The summed E-state index contributed by atoms with van der Waals surface area (Å²) in [5.41, 5.74) is 3.40. The SMILES string of the molecule is CC(C)Oc1ccc(OCc2cccnc2)cc1-c1nc2ncccc2[nH]1. The molecule has 136 valence electrons. The minimum atomic E-state index is 0.0495. The molecular weight excluding hydrogens is 340 g/mol. The first-order chi connectivity index (χ1) is 13.2. The molecule has 1 N–H and O–H groups in total. The lowest BCUT2D eigenvalue weighted by Crippen LogP contribution is -2.07. The molecule has 4 aromatic rings. The minimum absolute atomic E-state index is 0.0495. The predicted octanol–water partition coefficient (Wildman–Crippen LogP) is 4.39. The summed E-state index contributed by atoms with van der Waals surface area (Å²) in [6.07, 6.45) is 5.32. The molecule has 0 amide bonds. The number of hydrogen-bond donors (Lipinski definition) is 1. The van der Waals surface area contributed by atoms with E-state index in [1.165, 1.54) is 0 Å². The average Bonchev–Trinajstić information content (AvgIpc) is 3.11. The lowest BCUT2D eigenvalue weighted by Gasteiger charge is -2.15. The fraction of sp³-hybridized carbons (Fsp3) is 0.190. The van der Waals surface area contributed by atoms with Gasteiger partial charge in [-0.15, -0.1) is 0 Å². The van der Waals surface area contributed by atoms with Gasteiger partial charge in [-0.25, -0.2) is 9.97 Å². The molecule has 0 aliphatic carbocycles. The maximum atomic E-state index is 5.97. The van der Waals surface area contributed by atoms with Crippen LogP contribution in [0.15, 0.2) is 61.1 Å². The zero-order valence-electron chi connectivity index (χ0n) is 15.2. The number of nitrogens with zero attached hydrogens (tertiary/aromatic N) is 3. The predicted molar refractivity (Wildman–Crippen MR) is 104 cm³/mol. The number of fused-ring (bicyclic) bond motifs is 1. The molecule has 3 heterocycles. The van der Waals surface area contributed by atoms with Crippen LogP contribution in [0.4, 0.5) is 0 Å². The van der Waals surface area contributed by atoms with Crippen LogP contribution in [0, 0.1) is 0 Å². The first kappa shape index (κ1) is 17.0. The van der Waals surface area contributed by atoms with Crippen LogP contribution < -0.4 is 9.47 Å². The van der Waals surface area contributed by atoms with Crippen LogP contribution in [-0.4, -0.2) is 26.0 Å². The number of imidazole rings is 1. The molecule has 0 saturated carbocycles. The van der Waals surface area contributed by atoms with Crippen molar-refractivity contribution < 1.29 is 9.47 Å². The third kappa shape index (κ3) is 3.89. The minimum Gasteiger partial charge on any atom is -0.490 e. The number of rotatable bonds is 6. The summed E-state index contributed by atoms with van der Waals surface area (Å²) in [7, 11) is 0. The normalized spacial score (nSPS) is 11.1. The van der Waals surface area contributed by atoms with E-state index in [-0.39, 0.29) is 6.10 Å². The topological polar surface area (TPSA) is 72.9 Å². The van der Waals surface area contributed by atoms with Crippen molar-refractivity contribution in [2.24, 2.45) is 0 Å². The number of ether oxygens (including phenoxy) is 2. The molecule has 0 fully saturated rings. The fourth-order valence-electron chi connectivity index (χ4n) is 2.76. The second kappa shape index (κ2) is 7.45. The monoisotopic (exact) mass is 360 g/mol. The smallest absolute Gasteiger partial charge is 0.178 e. The van der Waals surface area contributed by atoms with Crippen LogP contribution in [-0.2, 0) is 6.61 Å². The third-order valence-electron chi connectivity index (χ3n) is 3.95. The number of H-pyrrole nitrogens is 1. The van der Waals surface area contributed by atoms with Crippen molar-refractivity contribution in [3.05, 3.63) is 66.6 Å². The van der Waals surface area contributed by atoms with E-state index in [2.05, 4.69) is 19.9 Å². The van der Waals surface area contributed by atoms with Gasteiger partial charge in [0.2, 0.25) is 0 Å². The molecule has 3 aromatic heterocycles. The molecule has 0 spiro atoms. The Kier molecular flexibility index (Phi) is 4.70. The molecule has 0 aliphatic heterocycles. The number of nitrogens with one attached hydrogen (secondary N) is 1. The van der Waals surface area contributed by atoms with E-state index in [1.807, 2.05) is 56.3 Å². The number of aromatic nitrogens is 4. The van der Waals surface area contributed by atoms with Crippen molar-refractivity contribution in [3.63, 3.8) is 0 Å². The van der Waals surface area contributed by atoms with Crippen LogP contribution in [0.5, 0.6) is 11.5 Å².